The van der Waals surface area contributed by atoms with E-state index in [1.807, 2.05) is 6.08 Å². The Hall–Kier alpha value is -1.39. The Balaban J connectivity index is 2.35. The van der Waals surface area contributed by atoms with Gasteiger partial charge in [0.05, 0.1) is 0 Å². The van der Waals surface area contributed by atoms with Crippen molar-refractivity contribution < 1.29 is 0 Å². The minimum atomic E-state index is -0.293. The zero-order valence-corrected chi connectivity index (χ0v) is 21.4. The lowest BCUT2D eigenvalue weighted by Gasteiger charge is -2.50. The van der Waals surface area contributed by atoms with Gasteiger partial charge >= 0.3 is 0 Å². The average Bonchev–Trinajstić information content (AvgIpc) is 2.65. The van der Waals surface area contributed by atoms with Gasteiger partial charge in [-0.05, 0) is 68.1 Å². The molecule has 0 bridgehead atoms. The van der Waals surface area contributed by atoms with Crippen LogP contribution in [0.25, 0.3) is 17.2 Å². The molecule has 1 aliphatic rings. The highest BCUT2D eigenvalue weighted by atomic mass is 31.1. The Bertz CT molecular complexity index is 869. The smallest absolute Gasteiger partial charge is 0.0101 e. The molecule has 0 aliphatic carbocycles. The van der Waals surface area contributed by atoms with Gasteiger partial charge in [0.25, 0.3) is 0 Å². The Morgan fingerprint density at radius 1 is 0.867 bits per heavy atom. The van der Waals surface area contributed by atoms with Crippen LogP contribution in [-0.2, 0) is 0 Å². The van der Waals surface area contributed by atoms with E-state index in [1.165, 1.54) is 47.1 Å². The van der Waals surface area contributed by atoms with Crippen molar-refractivity contribution in [2.45, 2.75) is 96.8 Å². The third-order valence-corrected chi connectivity index (χ3v) is 10.6. The molecule has 1 saturated heterocycles. The van der Waals surface area contributed by atoms with Crippen molar-refractivity contribution >= 4 is 19.3 Å². The molecule has 30 heavy (non-hydrogen) atoms. The van der Waals surface area contributed by atoms with Crippen LogP contribution < -0.4 is 5.30 Å². The van der Waals surface area contributed by atoms with Crippen molar-refractivity contribution in [3.05, 3.63) is 59.7 Å². The van der Waals surface area contributed by atoms with Crippen LogP contribution in [0.2, 0.25) is 0 Å². The summed E-state index contributed by atoms with van der Waals surface area (Å²) in [6, 6.07) is 14.1. The molecule has 0 saturated carbocycles. The standard InChI is InChI=1S/C29H41P/c1-10-22-18-24(20(2)3)27(25(19-22)21(4)5)23-14-11-12-15-26(23)30-28(6,7)16-13-17-29(30,8)9/h10-12,14-15,18-21H,1,13,16-17H2,2-9H3. The van der Waals surface area contributed by atoms with Crippen molar-refractivity contribution in [1.82, 2.24) is 0 Å². The second kappa shape index (κ2) is 8.63. The fourth-order valence-electron chi connectivity index (χ4n) is 5.58. The van der Waals surface area contributed by atoms with Crippen molar-refractivity contribution in [2.24, 2.45) is 0 Å². The van der Waals surface area contributed by atoms with Crippen molar-refractivity contribution in [3.8, 4) is 11.1 Å². The second-order valence-corrected chi connectivity index (χ2v) is 14.5. The van der Waals surface area contributed by atoms with Crippen molar-refractivity contribution in [3.63, 3.8) is 0 Å². The molecule has 0 atom stereocenters. The van der Waals surface area contributed by atoms with Gasteiger partial charge in [-0.1, -0.05) is 119 Å². The molecule has 1 aliphatic heterocycles. The summed E-state index contributed by atoms with van der Waals surface area (Å²) in [6.07, 6.45) is 6.02. The van der Waals surface area contributed by atoms with Gasteiger partial charge in [-0.15, -0.1) is 0 Å². The largest absolute Gasteiger partial charge is 0.0985 e. The minimum Gasteiger partial charge on any atom is -0.0985 e. The quantitative estimate of drug-likeness (QED) is 0.423. The van der Waals surface area contributed by atoms with E-state index in [-0.39, 0.29) is 7.92 Å². The van der Waals surface area contributed by atoms with E-state index >= 15 is 0 Å². The molecule has 2 aromatic carbocycles. The summed E-state index contributed by atoms with van der Waals surface area (Å²) < 4.78 is 0. The Labute approximate surface area is 186 Å². The maximum absolute atomic E-state index is 4.07. The van der Waals surface area contributed by atoms with Crippen LogP contribution in [0.4, 0.5) is 0 Å². The molecule has 0 spiro atoms. The summed E-state index contributed by atoms with van der Waals surface area (Å²) in [5, 5.41) is 2.34. The Morgan fingerprint density at radius 3 is 1.83 bits per heavy atom. The molecule has 2 aromatic rings. The lowest BCUT2D eigenvalue weighted by Crippen LogP contribution is -2.39. The van der Waals surface area contributed by atoms with Gasteiger partial charge in [0.1, 0.15) is 0 Å². The maximum Gasteiger partial charge on any atom is -0.0101 e. The third-order valence-electron chi connectivity index (χ3n) is 6.90. The molecule has 1 heteroatoms. The predicted molar refractivity (Wildman–Crippen MR) is 139 cm³/mol. The molecule has 3 rings (SSSR count). The molecule has 162 valence electrons. The molecule has 1 heterocycles. The van der Waals surface area contributed by atoms with Crippen molar-refractivity contribution in [2.75, 3.05) is 0 Å². The first-order valence-corrected chi connectivity index (χ1v) is 13.0. The van der Waals surface area contributed by atoms with Crippen LogP contribution in [0.1, 0.15) is 103 Å². The van der Waals surface area contributed by atoms with Crippen LogP contribution in [0.15, 0.2) is 43.0 Å². The average molecular weight is 421 g/mol. The van der Waals surface area contributed by atoms with E-state index < -0.39 is 0 Å². The first kappa shape index (κ1) is 23.3. The molecular formula is C29H41P. The topological polar surface area (TPSA) is 0 Å². The molecular weight excluding hydrogens is 379 g/mol. The molecule has 0 aromatic heterocycles. The van der Waals surface area contributed by atoms with Gasteiger partial charge in [0, 0.05) is 0 Å². The molecule has 0 radical (unpaired) electrons. The van der Waals surface area contributed by atoms with Crippen LogP contribution in [0.5, 0.6) is 0 Å². The highest BCUT2D eigenvalue weighted by molar-refractivity contribution is 7.69. The maximum atomic E-state index is 4.07. The van der Waals surface area contributed by atoms with Gasteiger partial charge in [0.2, 0.25) is 0 Å². The van der Waals surface area contributed by atoms with Gasteiger partial charge in [-0.25, -0.2) is 0 Å². The number of benzene rings is 2. The summed E-state index contributed by atoms with van der Waals surface area (Å²) in [5.74, 6) is 0.955. The van der Waals surface area contributed by atoms with Gasteiger partial charge in [-0.3, -0.25) is 0 Å². The monoisotopic (exact) mass is 420 g/mol. The van der Waals surface area contributed by atoms with E-state index in [1.54, 1.807) is 5.30 Å². The molecule has 0 amide bonds. The molecule has 1 fully saturated rings. The van der Waals surface area contributed by atoms with Gasteiger partial charge in [0.15, 0.2) is 0 Å². The summed E-state index contributed by atoms with van der Waals surface area (Å²) in [7, 11) is -0.293. The summed E-state index contributed by atoms with van der Waals surface area (Å²) >= 11 is 0. The van der Waals surface area contributed by atoms with E-state index in [0.717, 1.165) is 0 Å². The molecule has 0 nitrogen and oxygen atoms in total. The lowest BCUT2D eigenvalue weighted by molar-refractivity contribution is 0.471. The lowest BCUT2D eigenvalue weighted by atomic mass is 9.83. The SMILES string of the molecule is C=Cc1cc(C(C)C)c(-c2ccccc2P2C(C)(C)CCCC2(C)C)c(C(C)C)c1. The summed E-state index contributed by atoms with van der Waals surface area (Å²) in [5.41, 5.74) is 7.14. The number of hydrogen-bond acceptors (Lipinski definition) is 0. The fraction of sp³-hybridized carbons (Fsp3) is 0.517. The highest BCUT2D eigenvalue weighted by Crippen LogP contribution is 2.66. The summed E-state index contributed by atoms with van der Waals surface area (Å²) in [4.78, 5) is 0. The Morgan fingerprint density at radius 2 is 1.37 bits per heavy atom. The van der Waals surface area contributed by atoms with Gasteiger partial charge < -0.3 is 0 Å². The van der Waals surface area contributed by atoms with Crippen LogP contribution in [-0.4, -0.2) is 10.3 Å². The predicted octanol–water partition coefficient (Wildman–Crippen LogP) is 9.09. The minimum absolute atomic E-state index is 0.293. The zero-order chi connectivity index (χ0) is 22.3. The zero-order valence-electron chi connectivity index (χ0n) is 20.5. The van der Waals surface area contributed by atoms with Crippen LogP contribution in [0, 0.1) is 0 Å². The van der Waals surface area contributed by atoms with E-state index in [0.29, 0.717) is 22.1 Å². The third kappa shape index (κ3) is 4.31. The van der Waals surface area contributed by atoms with Crippen LogP contribution >= 0.6 is 7.92 Å². The molecule has 0 N–H and O–H groups in total. The highest BCUT2D eigenvalue weighted by Gasteiger charge is 2.45. The first-order valence-electron chi connectivity index (χ1n) is 11.7. The number of rotatable bonds is 5. The van der Waals surface area contributed by atoms with Crippen LogP contribution in [0.3, 0.4) is 0 Å². The summed E-state index contributed by atoms with van der Waals surface area (Å²) in [6.45, 7) is 23.5. The van der Waals surface area contributed by atoms with Gasteiger partial charge in [-0.2, -0.15) is 0 Å². The Kier molecular flexibility index (Phi) is 6.69. The van der Waals surface area contributed by atoms with E-state index in [2.05, 4.69) is 98.4 Å². The number of hydrogen-bond donors (Lipinski definition) is 0. The van der Waals surface area contributed by atoms with E-state index in [9.17, 15) is 0 Å². The van der Waals surface area contributed by atoms with E-state index in [4.69, 9.17) is 0 Å². The normalized spacial score (nSPS) is 18.7. The fourth-order valence-corrected chi connectivity index (χ4v) is 9.95. The first-order chi connectivity index (χ1) is 14.0. The second-order valence-electron chi connectivity index (χ2n) is 10.9. The van der Waals surface area contributed by atoms with Crippen molar-refractivity contribution in [1.29, 1.82) is 0 Å². The molecule has 0 unspecified atom stereocenters.